The monoisotopic (exact) mass is 307 g/mol. The molecule has 1 atom stereocenters. The predicted octanol–water partition coefficient (Wildman–Crippen LogP) is 1.47. The average Bonchev–Trinajstić information content (AvgIpc) is 2.51. The second-order valence-corrected chi connectivity index (χ2v) is 5.28. The van der Waals surface area contributed by atoms with E-state index in [1.54, 1.807) is 0 Å². The van der Waals surface area contributed by atoms with E-state index in [0.29, 0.717) is 26.2 Å². The molecule has 2 rings (SSSR count). The highest BCUT2D eigenvalue weighted by Crippen LogP contribution is 2.14. The summed E-state index contributed by atoms with van der Waals surface area (Å²) in [5.74, 6) is -0.408. The van der Waals surface area contributed by atoms with Gasteiger partial charge in [-0.2, -0.15) is 0 Å². The highest BCUT2D eigenvalue weighted by atomic mass is 16.5. The number of carbonyl (C=O) groups is 2. The van der Waals surface area contributed by atoms with Gasteiger partial charge in [-0.25, -0.2) is 4.79 Å². The van der Waals surface area contributed by atoms with Crippen LogP contribution in [0, 0.1) is 6.92 Å². The maximum absolute atomic E-state index is 12.1. The zero-order chi connectivity index (χ0) is 15.9. The molecular weight excluding hydrogens is 286 g/mol. The highest BCUT2D eigenvalue weighted by molar-refractivity contribution is 5.83. The maximum Gasteiger partial charge on any atom is 0.328 e. The van der Waals surface area contributed by atoms with Crippen LogP contribution >= 0.6 is 0 Å². The third-order valence-corrected chi connectivity index (χ3v) is 3.53. The first-order valence-electron chi connectivity index (χ1n) is 7.37. The zero-order valence-electron chi connectivity index (χ0n) is 12.7. The van der Waals surface area contributed by atoms with Gasteiger partial charge in [0.25, 0.3) is 0 Å². The van der Waals surface area contributed by atoms with Crippen molar-refractivity contribution in [3.8, 4) is 5.75 Å². The van der Waals surface area contributed by atoms with Gasteiger partial charge in [-0.05, 0) is 31.0 Å². The minimum absolute atomic E-state index is 0.0564. The molecule has 1 aromatic carbocycles. The lowest BCUT2D eigenvalue weighted by Gasteiger charge is -2.32. The lowest BCUT2D eigenvalue weighted by Crippen LogP contribution is -2.52. The fourth-order valence-electron chi connectivity index (χ4n) is 2.37. The van der Waals surface area contributed by atoms with Gasteiger partial charge in [0, 0.05) is 13.0 Å². The van der Waals surface area contributed by atoms with Crippen LogP contribution < -0.4 is 4.74 Å². The van der Waals surface area contributed by atoms with E-state index in [1.807, 2.05) is 31.2 Å². The molecular formula is C16H21NO5. The Morgan fingerprint density at radius 1 is 1.45 bits per heavy atom. The van der Waals surface area contributed by atoms with Gasteiger partial charge in [-0.15, -0.1) is 0 Å². The van der Waals surface area contributed by atoms with Gasteiger partial charge in [0.2, 0.25) is 5.91 Å². The molecule has 0 radical (unpaired) electrons. The molecule has 6 nitrogen and oxygen atoms in total. The van der Waals surface area contributed by atoms with Gasteiger partial charge < -0.3 is 19.5 Å². The summed E-state index contributed by atoms with van der Waals surface area (Å²) in [6, 6.07) is 6.84. The van der Waals surface area contributed by atoms with E-state index in [4.69, 9.17) is 14.6 Å². The average molecular weight is 307 g/mol. The Morgan fingerprint density at radius 3 is 3.00 bits per heavy atom. The van der Waals surface area contributed by atoms with Crippen molar-refractivity contribution < 1.29 is 24.2 Å². The summed E-state index contributed by atoms with van der Waals surface area (Å²) < 4.78 is 10.7. The number of carboxylic acids is 1. The number of hydrogen-bond donors (Lipinski definition) is 1. The fourth-order valence-corrected chi connectivity index (χ4v) is 2.37. The Labute approximate surface area is 129 Å². The van der Waals surface area contributed by atoms with Crippen molar-refractivity contribution in [2.45, 2.75) is 25.8 Å². The van der Waals surface area contributed by atoms with Crippen molar-refractivity contribution >= 4 is 11.9 Å². The number of ether oxygens (including phenoxy) is 2. The number of morpholine rings is 1. The number of rotatable bonds is 6. The first-order chi connectivity index (χ1) is 10.6. The van der Waals surface area contributed by atoms with E-state index in [1.165, 1.54) is 4.90 Å². The number of carbonyl (C=O) groups excluding carboxylic acids is 1. The van der Waals surface area contributed by atoms with E-state index in [-0.39, 0.29) is 18.9 Å². The number of nitrogens with zero attached hydrogens (tertiary/aromatic N) is 1. The first-order valence-corrected chi connectivity index (χ1v) is 7.37. The minimum atomic E-state index is -1.02. The smallest absolute Gasteiger partial charge is 0.328 e. The lowest BCUT2D eigenvalue weighted by molar-refractivity contribution is -0.158. The number of aryl methyl sites for hydroxylation is 1. The number of amides is 1. The van der Waals surface area contributed by atoms with Crippen LogP contribution in [0.3, 0.4) is 0 Å². The number of benzene rings is 1. The molecule has 1 aliphatic heterocycles. The van der Waals surface area contributed by atoms with E-state index in [9.17, 15) is 9.59 Å². The standard InChI is InChI=1S/C16H21NO5/c1-12-4-2-5-13(10-12)22-8-3-6-15(18)17-7-9-21-11-14(17)16(19)20/h2,4-5,10,14H,3,6-9,11H2,1H3,(H,19,20). The third kappa shape index (κ3) is 4.46. The van der Waals surface area contributed by atoms with Crippen LogP contribution in [-0.4, -0.2) is 54.3 Å². The summed E-state index contributed by atoms with van der Waals surface area (Å²) in [6.07, 6.45) is 0.825. The number of carboxylic acid groups (broad SMARTS) is 1. The Balaban J connectivity index is 1.76. The molecule has 1 N–H and O–H groups in total. The molecule has 1 heterocycles. The van der Waals surface area contributed by atoms with Gasteiger partial charge in [0.1, 0.15) is 5.75 Å². The van der Waals surface area contributed by atoms with E-state index >= 15 is 0 Å². The quantitative estimate of drug-likeness (QED) is 0.805. The summed E-state index contributed by atoms with van der Waals surface area (Å²) in [5.41, 5.74) is 1.12. The summed E-state index contributed by atoms with van der Waals surface area (Å²) in [4.78, 5) is 24.6. The zero-order valence-corrected chi connectivity index (χ0v) is 12.7. The van der Waals surface area contributed by atoms with Crippen molar-refractivity contribution in [2.75, 3.05) is 26.4 Å². The SMILES string of the molecule is Cc1cccc(OCCCC(=O)N2CCOCC2C(=O)O)c1. The molecule has 1 aromatic rings. The van der Waals surface area contributed by atoms with Crippen LogP contribution in [0.1, 0.15) is 18.4 Å². The topological polar surface area (TPSA) is 76.1 Å². The molecule has 0 aliphatic carbocycles. The minimum Gasteiger partial charge on any atom is -0.494 e. The molecule has 1 amide bonds. The largest absolute Gasteiger partial charge is 0.494 e. The highest BCUT2D eigenvalue weighted by Gasteiger charge is 2.32. The van der Waals surface area contributed by atoms with Crippen LogP contribution in [0.4, 0.5) is 0 Å². The summed E-state index contributed by atoms with van der Waals surface area (Å²) in [7, 11) is 0. The molecule has 0 bridgehead atoms. The van der Waals surface area contributed by atoms with Crippen molar-refractivity contribution in [1.29, 1.82) is 0 Å². The molecule has 22 heavy (non-hydrogen) atoms. The molecule has 1 saturated heterocycles. The second-order valence-electron chi connectivity index (χ2n) is 5.28. The molecule has 1 unspecified atom stereocenters. The van der Waals surface area contributed by atoms with Crippen LogP contribution in [-0.2, 0) is 14.3 Å². The van der Waals surface area contributed by atoms with Gasteiger partial charge in [0.15, 0.2) is 6.04 Å². The summed E-state index contributed by atoms with van der Waals surface area (Å²) in [6.45, 7) is 3.18. The third-order valence-electron chi connectivity index (χ3n) is 3.53. The van der Waals surface area contributed by atoms with Crippen molar-refractivity contribution in [3.63, 3.8) is 0 Å². The lowest BCUT2D eigenvalue weighted by atomic mass is 10.2. The van der Waals surface area contributed by atoms with Gasteiger partial charge in [-0.3, -0.25) is 4.79 Å². The van der Waals surface area contributed by atoms with Gasteiger partial charge >= 0.3 is 5.97 Å². The van der Waals surface area contributed by atoms with Crippen molar-refractivity contribution in [1.82, 2.24) is 4.90 Å². The van der Waals surface area contributed by atoms with Crippen LogP contribution in [0.2, 0.25) is 0 Å². The molecule has 0 spiro atoms. The molecule has 120 valence electrons. The van der Waals surface area contributed by atoms with Crippen molar-refractivity contribution in [3.05, 3.63) is 29.8 Å². The fraction of sp³-hybridized carbons (Fsp3) is 0.500. The number of hydrogen-bond acceptors (Lipinski definition) is 4. The molecule has 1 aliphatic rings. The van der Waals surface area contributed by atoms with E-state index < -0.39 is 12.0 Å². The van der Waals surface area contributed by atoms with Crippen LogP contribution in [0.15, 0.2) is 24.3 Å². The van der Waals surface area contributed by atoms with E-state index in [2.05, 4.69) is 0 Å². The number of aliphatic carboxylic acids is 1. The second kappa shape index (κ2) is 7.79. The molecule has 0 aromatic heterocycles. The van der Waals surface area contributed by atoms with Crippen LogP contribution in [0.25, 0.3) is 0 Å². The molecule has 1 fully saturated rings. The van der Waals surface area contributed by atoms with E-state index in [0.717, 1.165) is 11.3 Å². The summed E-state index contributed by atoms with van der Waals surface area (Å²) in [5, 5.41) is 9.11. The van der Waals surface area contributed by atoms with Gasteiger partial charge in [0.05, 0.1) is 19.8 Å². The van der Waals surface area contributed by atoms with Crippen molar-refractivity contribution in [2.24, 2.45) is 0 Å². The normalized spacial score (nSPS) is 18.0. The van der Waals surface area contributed by atoms with Crippen LogP contribution in [0.5, 0.6) is 5.75 Å². The first kappa shape index (κ1) is 16.3. The molecule has 0 saturated carbocycles. The molecule has 6 heteroatoms. The summed E-state index contributed by atoms with van der Waals surface area (Å²) >= 11 is 0. The maximum atomic E-state index is 12.1. The Morgan fingerprint density at radius 2 is 2.27 bits per heavy atom. The Kier molecular flexibility index (Phi) is 5.77. The Hall–Kier alpha value is -2.08. The van der Waals surface area contributed by atoms with Gasteiger partial charge in [-0.1, -0.05) is 12.1 Å². The Bertz CT molecular complexity index is 531. The predicted molar refractivity (Wildman–Crippen MR) is 79.9 cm³/mol.